The van der Waals surface area contributed by atoms with E-state index in [-0.39, 0.29) is 12.4 Å². The molecule has 144 valence electrons. The lowest BCUT2D eigenvalue weighted by atomic mass is 10.0. The topological polar surface area (TPSA) is 63.6 Å². The van der Waals surface area contributed by atoms with Crippen molar-refractivity contribution in [3.63, 3.8) is 0 Å². The monoisotopic (exact) mass is 401 g/mol. The molecule has 1 N–H and O–H groups in total. The predicted molar refractivity (Wildman–Crippen MR) is 105 cm³/mol. The molecule has 28 heavy (non-hydrogen) atoms. The van der Waals surface area contributed by atoms with Gasteiger partial charge in [-0.3, -0.25) is 10.2 Å². The molecule has 0 aliphatic carbocycles. The van der Waals surface area contributed by atoms with Crippen LogP contribution >= 0.6 is 11.3 Å². The lowest BCUT2D eigenvalue weighted by Crippen LogP contribution is -2.07. The Hall–Kier alpha value is -3.13. The smallest absolute Gasteiger partial charge is 0.311 e. The van der Waals surface area contributed by atoms with Crippen LogP contribution in [0.15, 0.2) is 52.9 Å². The highest BCUT2D eigenvalue weighted by Crippen LogP contribution is 2.22. The van der Waals surface area contributed by atoms with Crippen molar-refractivity contribution in [3.05, 3.63) is 70.7 Å². The van der Waals surface area contributed by atoms with E-state index < -0.39 is 11.6 Å². The highest BCUT2D eigenvalue weighted by Gasteiger charge is 2.08. The third-order valence-corrected chi connectivity index (χ3v) is 4.46. The lowest BCUT2D eigenvalue weighted by Gasteiger charge is -2.03. The molecule has 8 heteroatoms. The summed E-state index contributed by atoms with van der Waals surface area (Å²) in [6.07, 6.45) is 1.72. The van der Waals surface area contributed by atoms with Crippen LogP contribution in [0, 0.1) is 11.6 Å². The molecule has 5 nitrogen and oxygen atoms in total. The van der Waals surface area contributed by atoms with Crippen molar-refractivity contribution >= 4 is 28.7 Å². The minimum atomic E-state index is -0.615. The molecule has 0 saturated heterocycles. The Morgan fingerprint density at radius 2 is 1.89 bits per heavy atom. The van der Waals surface area contributed by atoms with Crippen LogP contribution in [0.2, 0.25) is 0 Å². The number of thiazole rings is 1. The van der Waals surface area contributed by atoms with Crippen molar-refractivity contribution in [1.82, 2.24) is 4.98 Å². The van der Waals surface area contributed by atoms with Crippen molar-refractivity contribution in [1.29, 1.82) is 0 Å². The average Bonchev–Trinajstić information content (AvgIpc) is 3.09. The Balaban J connectivity index is 1.59. The zero-order valence-electron chi connectivity index (χ0n) is 15.0. The molecule has 0 unspecified atom stereocenters. The second-order valence-electron chi connectivity index (χ2n) is 5.78. The van der Waals surface area contributed by atoms with E-state index in [2.05, 4.69) is 15.5 Å². The van der Waals surface area contributed by atoms with Crippen LogP contribution in [-0.4, -0.2) is 23.8 Å². The van der Waals surface area contributed by atoms with Gasteiger partial charge in [-0.2, -0.15) is 5.10 Å². The number of halogens is 2. The highest BCUT2D eigenvalue weighted by atomic mass is 32.1. The second kappa shape index (κ2) is 9.18. The average molecular weight is 401 g/mol. The van der Waals surface area contributed by atoms with Gasteiger partial charge in [-0.05, 0) is 35.7 Å². The number of hydrogen-bond donors (Lipinski definition) is 1. The summed E-state index contributed by atoms with van der Waals surface area (Å²) in [4.78, 5) is 15.7. The minimum Gasteiger partial charge on any atom is -0.466 e. The van der Waals surface area contributed by atoms with Gasteiger partial charge in [-0.15, -0.1) is 11.3 Å². The molecule has 0 fully saturated rings. The SMILES string of the molecule is CCOC(=O)Cc1csc(NN=Cc2ccc(-c3cc(F)cc(F)c3)cc2)n1. The summed E-state index contributed by atoms with van der Waals surface area (Å²) in [5.74, 6) is -1.55. The molecular formula is C20H17F2N3O2S. The van der Waals surface area contributed by atoms with Gasteiger partial charge in [0.15, 0.2) is 0 Å². The molecule has 0 atom stereocenters. The summed E-state index contributed by atoms with van der Waals surface area (Å²) in [7, 11) is 0. The summed E-state index contributed by atoms with van der Waals surface area (Å²) >= 11 is 1.33. The summed E-state index contributed by atoms with van der Waals surface area (Å²) in [5, 5.41) is 6.43. The third kappa shape index (κ3) is 5.43. The molecule has 0 aliphatic heterocycles. The minimum absolute atomic E-state index is 0.123. The highest BCUT2D eigenvalue weighted by molar-refractivity contribution is 7.13. The number of anilines is 1. The van der Waals surface area contributed by atoms with Gasteiger partial charge in [0.25, 0.3) is 0 Å². The Morgan fingerprint density at radius 1 is 1.18 bits per heavy atom. The van der Waals surface area contributed by atoms with E-state index in [0.717, 1.165) is 11.6 Å². The van der Waals surface area contributed by atoms with E-state index in [1.807, 2.05) is 0 Å². The first-order chi connectivity index (χ1) is 13.5. The molecular weight excluding hydrogens is 384 g/mol. The third-order valence-electron chi connectivity index (χ3n) is 3.66. The van der Waals surface area contributed by atoms with E-state index in [1.54, 1.807) is 42.8 Å². The van der Waals surface area contributed by atoms with Crippen LogP contribution in [0.5, 0.6) is 0 Å². The molecule has 0 radical (unpaired) electrons. The van der Waals surface area contributed by atoms with Crippen molar-refractivity contribution in [2.45, 2.75) is 13.3 Å². The molecule has 0 spiro atoms. The molecule has 3 rings (SSSR count). The van der Waals surface area contributed by atoms with Crippen LogP contribution in [0.1, 0.15) is 18.2 Å². The zero-order valence-corrected chi connectivity index (χ0v) is 15.8. The number of carbonyl (C=O) groups excluding carboxylic acids is 1. The molecule has 3 aromatic rings. The largest absolute Gasteiger partial charge is 0.466 e. The number of rotatable bonds is 7. The molecule has 0 amide bonds. The maximum absolute atomic E-state index is 13.3. The van der Waals surface area contributed by atoms with Crippen molar-refractivity contribution in [2.75, 3.05) is 12.0 Å². The van der Waals surface area contributed by atoms with Gasteiger partial charge < -0.3 is 4.74 Å². The van der Waals surface area contributed by atoms with Gasteiger partial charge in [-0.25, -0.2) is 13.8 Å². The van der Waals surface area contributed by atoms with Crippen LogP contribution in [0.25, 0.3) is 11.1 Å². The van der Waals surface area contributed by atoms with Gasteiger partial charge in [0.1, 0.15) is 11.6 Å². The second-order valence-corrected chi connectivity index (χ2v) is 6.63. The first-order valence-electron chi connectivity index (χ1n) is 8.49. The summed E-state index contributed by atoms with van der Waals surface area (Å²) in [5.41, 5.74) is 5.40. The molecule has 0 aliphatic rings. The maximum atomic E-state index is 13.3. The number of hydrogen-bond acceptors (Lipinski definition) is 6. The number of nitrogens with zero attached hydrogens (tertiary/aromatic N) is 2. The fourth-order valence-electron chi connectivity index (χ4n) is 2.44. The molecule has 0 saturated carbocycles. The van der Waals surface area contributed by atoms with E-state index in [0.29, 0.717) is 28.6 Å². The van der Waals surface area contributed by atoms with Gasteiger partial charge in [0.05, 0.1) is 24.9 Å². The van der Waals surface area contributed by atoms with Crippen LogP contribution in [0.3, 0.4) is 0 Å². The predicted octanol–water partition coefficient (Wildman–Crippen LogP) is 4.64. The van der Waals surface area contributed by atoms with E-state index in [1.165, 1.54) is 23.5 Å². The van der Waals surface area contributed by atoms with Crippen LogP contribution in [-0.2, 0) is 16.0 Å². The normalized spacial score (nSPS) is 11.0. The van der Waals surface area contributed by atoms with Crippen molar-refractivity contribution in [3.8, 4) is 11.1 Å². The molecule has 0 bridgehead atoms. The Morgan fingerprint density at radius 3 is 2.57 bits per heavy atom. The summed E-state index contributed by atoms with van der Waals surface area (Å²) in [6, 6.07) is 10.5. The first kappa shape index (κ1) is 19.6. The number of hydrazone groups is 1. The van der Waals surface area contributed by atoms with Crippen molar-refractivity contribution in [2.24, 2.45) is 5.10 Å². The van der Waals surface area contributed by atoms with Gasteiger partial charge in [-0.1, -0.05) is 24.3 Å². The summed E-state index contributed by atoms with van der Waals surface area (Å²) in [6.45, 7) is 2.09. The van der Waals surface area contributed by atoms with E-state index in [4.69, 9.17) is 4.74 Å². The fourth-order valence-corrected chi connectivity index (χ4v) is 3.10. The Bertz CT molecular complexity index is 967. The Kier molecular flexibility index (Phi) is 6.44. The number of esters is 1. The number of carbonyl (C=O) groups is 1. The van der Waals surface area contributed by atoms with Gasteiger partial charge in [0, 0.05) is 11.4 Å². The number of benzene rings is 2. The number of aromatic nitrogens is 1. The summed E-state index contributed by atoms with van der Waals surface area (Å²) < 4.78 is 31.5. The van der Waals surface area contributed by atoms with E-state index >= 15 is 0 Å². The molecule has 1 aromatic heterocycles. The van der Waals surface area contributed by atoms with Crippen LogP contribution < -0.4 is 5.43 Å². The molecule has 1 heterocycles. The number of ether oxygens (including phenoxy) is 1. The van der Waals surface area contributed by atoms with Crippen molar-refractivity contribution < 1.29 is 18.3 Å². The zero-order chi connectivity index (χ0) is 19.9. The maximum Gasteiger partial charge on any atom is 0.311 e. The van der Waals surface area contributed by atoms with Gasteiger partial charge >= 0.3 is 5.97 Å². The standard InChI is InChI=1S/C20H17F2N3O2S/c1-2-27-19(26)10-18-12-28-20(24-18)25-23-11-13-3-5-14(6-4-13)15-7-16(21)9-17(22)8-15/h3-9,11-12H,2,10H2,1H3,(H,24,25). The lowest BCUT2D eigenvalue weighted by molar-refractivity contribution is -0.142. The van der Waals surface area contributed by atoms with Gasteiger partial charge in [0.2, 0.25) is 5.13 Å². The quantitative estimate of drug-likeness (QED) is 0.356. The number of nitrogens with one attached hydrogen (secondary N) is 1. The fraction of sp³-hybridized carbons (Fsp3) is 0.150. The first-order valence-corrected chi connectivity index (χ1v) is 9.37. The molecule has 2 aromatic carbocycles. The van der Waals surface area contributed by atoms with Crippen LogP contribution in [0.4, 0.5) is 13.9 Å². The Labute approximate surface area is 164 Å². The van der Waals surface area contributed by atoms with E-state index in [9.17, 15) is 13.6 Å².